The molecule has 0 saturated heterocycles. The van der Waals surface area contributed by atoms with Gasteiger partial charge in [0, 0.05) is 16.1 Å². The molecule has 0 fully saturated rings. The van der Waals surface area contributed by atoms with E-state index < -0.39 is 11.8 Å². The average molecular weight is 284 g/mol. The van der Waals surface area contributed by atoms with Crippen molar-refractivity contribution < 1.29 is 13.9 Å². The van der Waals surface area contributed by atoms with Crippen molar-refractivity contribution in [2.24, 2.45) is 0 Å². The van der Waals surface area contributed by atoms with E-state index in [1.54, 1.807) is 6.07 Å². The van der Waals surface area contributed by atoms with E-state index in [9.17, 15) is 9.18 Å². The number of halogens is 2. The van der Waals surface area contributed by atoms with Crippen molar-refractivity contribution in [2.75, 3.05) is 7.11 Å². The SMILES string of the molecule is COC(=O)c1ccc(F)c2cc(Br)cnc12. The normalized spacial score (nSPS) is 10.4. The number of carbonyl (C=O) groups is 1. The third kappa shape index (κ3) is 1.78. The molecule has 2 aromatic rings. The summed E-state index contributed by atoms with van der Waals surface area (Å²) in [7, 11) is 1.27. The van der Waals surface area contributed by atoms with Crippen LogP contribution in [0.4, 0.5) is 4.39 Å². The fourth-order valence-electron chi connectivity index (χ4n) is 1.44. The fourth-order valence-corrected chi connectivity index (χ4v) is 1.77. The molecular weight excluding hydrogens is 277 g/mol. The molecule has 1 aromatic carbocycles. The molecule has 0 atom stereocenters. The van der Waals surface area contributed by atoms with Crippen molar-refractivity contribution in [3.05, 3.63) is 40.2 Å². The molecule has 0 spiro atoms. The minimum absolute atomic E-state index is 0.256. The van der Waals surface area contributed by atoms with E-state index in [0.717, 1.165) is 0 Å². The number of nitrogens with zero attached hydrogens (tertiary/aromatic N) is 1. The van der Waals surface area contributed by atoms with Crippen LogP contribution in [0.5, 0.6) is 0 Å². The highest BCUT2D eigenvalue weighted by molar-refractivity contribution is 9.10. The summed E-state index contributed by atoms with van der Waals surface area (Å²) in [5.74, 6) is -0.948. The number of esters is 1. The van der Waals surface area contributed by atoms with Crippen LogP contribution in [0.1, 0.15) is 10.4 Å². The summed E-state index contributed by atoms with van der Waals surface area (Å²) in [5.41, 5.74) is 0.557. The molecule has 0 aliphatic rings. The zero-order valence-corrected chi connectivity index (χ0v) is 9.92. The van der Waals surface area contributed by atoms with E-state index in [0.29, 0.717) is 9.99 Å². The van der Waals surface area contributed by atoms with Crippen molar-refractivity contribution >= 4 is 32.8 Å². The minimum Gasteiger partial charge on any atom is -0.465 e. The van der Waals surface area contributed by atoms with Crippen molar-refractivity contribution in [1.29, 1.82) is 0 Å². The highest BCUT2D eigenvalue weighted by atomic mass is 79.9. The van der Waals surface area contributed by atoms with Gasteiger partial charge in [0.15, 0.2) is 0 Å². The lowest BCUT2D eigenvalue weighted by Gasteiger charge is -2.05. The van der Waals surface area contributed by atoms with Gasteiger partial charge >= 0.3 is 5.97 Å². The van der Waals surface area contributed by atoms with Crippen LogP contribution >= 0.6 is 15.9 Å². The van der Waals surface area contributed by atoms with E-state index in [1.165, 1.54) is 25.4 Å². The topological polar surface area (TPSA) is 39.2 Å². The van der Waals surface area contributed by atoms with Crippen LogP contribution < -0.4 is 0 Å². The van der Waals surface area contributed by atoms with Crippen LogP contribution in [0.3, 0.4) is 0 Å². The lowest BCUT2D eigenvalue weighted by Crippen LogP contribution is -2.03. The average Bonchev–Trinajstić information content (AvgIpc) is 2.29. The van der Waals surface area contributed by atoms with E-state index >= 15 is 0 Å². The van der Waals surface area contributed by atoms with Crippen molar-refractivity contribution in [3.63, 3.8) is 0 Å². The number of carbonyl (C=O) groups excluding carboxylic acids is 1. The largest absolute Gasteiger partial charge is 0.465 e. The van der Waals surface area contributed by atoms with Gasteiger partial charge in [0.1, 0.15) is 5.82 Å². The molecule has 3 nitrogen and oxygen atoms in total. The second-order valence-corrected chi connectivity index (χ2v) is 4.05. The highest BCUT2D eigenvalue weighted by Gasteiger charge is 2.14. The van der Waals surface area contributed by atoms with E-state index in [1.807, 2.05) is 0 Å². The van der Waals surface area contributed by atoms with Crippen LogP contribution in [0.25, 0.3) is 10.9 Å². The molecule has 0 saturated carbocycles. The standard InChI is InChI=1S/C11H7BrFNO2/c1-16-11(15)7-2-3-9(13)8-4-6(12)5-14-10(7)8/h2-5H,1H3. The van der Waals surface area contributed by atoms with Crippen LogP contribution in [0, 0.1) is 5.82 Å². The molecule has 0 bridgehead atoms. The summed E-state index contributed by atoms with van der Waals surface area (Å²) in [6.07, 6.45) is 1.51. The zero-order valence-electron chi connectivity index (χ0n) is 8.33. The Morgan fingerprint density at radius 3 is 2.94 bits per heavy atom. The van der Waals surface area contributed by atoms with Crippen LogP contribution in [-0.4, -0.2) is 18.1 Å². The molecule has 0 radical (unpaired) electrons. The molecule has 82 valence electrons. The summed E-state index contributed by atoms with van der Waals surface area (Å²) < 4.78 is 18.8. The minimum atomic E-state index is -0.528. The van der Waals surface area contributed by atoms with Gasteiger partial charge in [-0.2, -0.15) is 0 Å². The van der Waals surface area contributed by atoms with Gasteiger partial charge in [-0.3, -0.25) is 4.98 Å². The van der Waals surface area contributed by atoms with E-state index in [4.69, 9.17) is 0 Å². The molecule has 0 N–H and O–H groups in total. The molecule has 0 unspecified atom stereocenters. The molecule has 16 heavy (non-hydrogen) atoms. The van der Waals surface area contributed by atoms with Gasteiger partial charge < -0.3 is 4.74 Å². The van der Waals surface area contributed by atoms with Crippen LogP contribution in [0.2, 0.25) is 0 Å². The maximum absolute atomic E-state index is 13.5. The number of benzene rings is 1. The lowest BCUT2D eigenvalue weighted by atomic mass is 10.1. The molecular formula is C11H7BrFNO2. The Labute approximate surface area is 99.4 Å². The molecule has 5 heteroatoms. The maximum atomic E-state index is 13.5. The first-order valence-electron chi connectivity index (χ1n) is 4.45. The third-order valence-corrected chi connectivity index (χ3v) is 2.60. The summed E-state index contributed by atoms with van der Waals surface area (Å²) in [6.45, 7) is 0. The number of fused-ring (bicyclic) bond motifs is 1. The molecule has 1 aromatic heterocycles. The van der Waals surface area contributed by atoms with Crippen molar-refractivity contribution in [2.45, 2.75) is 0 Å². The smallest absolute Gasteiger partial charge is 0.340 e. The van der Waals surface area contributed by atoms with E-state index in [2.05, 4.69) is 25.7 Å². The number of hydrogen-bond donors (Lipinski definition) is 0. The number of rotatable bonds is 1. The number of pyridine rings is 1. The second kappa shape index (κ2) is 4.17. The molecule has 0 aliphatic carbocycles. The molecule has 2 rings (SSSR count). The third-order valence-electron chi connectivity index (χ3n) is 2.17. The Kier molecular flexibility index (Phi) is 2.87. The first kappa shape index (κ1) is 11.0. The number of ether oxygens (including phenoxy) is 1. The van der Waals surface area contributed by atoms with E-state index in [-0.39, 0.29) is 10.9 Å². The number of aromatic nitrogens is 1. The molecule has 0 aliphatic heterocycles. The van der Waals surface area contributed by atoms with Gasteiger partial charge in [0.25, 0.3) is 0 Å². The first-order valence-corrected chi connectivity index (χ1v) is 5.25. The summed E-state index contributed by atoms with van der Waals surface area (Å²) in [4.78, 5) is 15.5. The van der Waals surface area contributed by atoms with Gasteiger partial charge in [0.05, 0.1) is 18.2 Å². The quantitative estimate of drug-likeness (QED) is 0.756. The Morgan fingerprint density at radius 2 is 2.25 bits per heavy atom. The summed E-state index contributed by atoms with van der Waals surface area (Å²) in [5, 5.41) is 0.289. The summed E-state index contributed by atoms with van der Waals surface area (Å²) >= 11 is 3.20. The Hall–Kier alpha value is -1.49. The van der Waals surface area contributed by atoms with Crippen LogP contribution in [0.15, 0.2) is 28.9 Å². The predicted molar refractivity (Wildman–Crippen MR) is 60.7 cm³/mol. The van der Waals surface area contributed by atoms with Gasteiger partial charge in [-0.15, -0.1) is 0 Å². The van der Waals surface area contributed by atoms with Gasteiger partial charge in [-0.25, -0.2) is 9.18 Å². The second-order valence-electron chi connectivity index (χ2n) is 3.14. The van der Waals surface area contributed by atoms with Crippen molar-refractivity contribution in [3.8, 4) is 0 Å². The van der Waals surface area contributed by atoms with Gasteiger partial charge in [0.2, 0.25) is 0 Å². The molecule has 1 heterocycles. The lowest BCUT2D eigenvalue weighted by molar-refractivity contribution is 0.0602. The Bertz CT molecular complexity index is 571. The van der Waals surface area contributed by atoms with Crippen LogP contribution in [-0.2, 0) is 4.74 Å². The zero-order chi connectivity index (χ0) is 11.7. The van der Waals surface area contributed by atoms with Gasteiger partial charge in [-0.05, 0) is 34.1 Å². The monoisotopic (exact) mass is 283 g/mol. The number of methoxy groups -OCH3 is 1. The number of hydrogen-bond acceptors (Lipinski definition) is 3. The Morgan fingerprint density at radius 1 is 1.50 bits per heavy atom. The molecule has 0 amide bonds. The first-order chi connectivity index (χ1) is 7.63. The summed E-state index contributed by atoms with van der Waals surface area (Å²) in [6, 6.07) is 4.16. The van der Waals surface area contributed by atoms with Gasteiger partial charge in [-0.1, -0.05) is 0 Å². The highest BCUT2D eigenvalue weighted by Crippen LogP contribution is 2.23. The maximum Gasteiger partial charge on any atom is 0.340 e. The Balaban J connectivity index is 2.79. The van der Waals surface area contributed by atoms with Crippen molar-refractivity contribution in [1.82, 2.24) is 4.98 Å². The fraction of sp³-hybridized carbons (Fsp3) is 0.0909. The predicted octanol–water partition coefficient (Wildman–Crippen LogP) is 2.92.